The summed E-state index contributed by atoms with van der Waals surface area (Å²) in [6.07, 6.45) is 2.96. The first kappa shape index (κ1) is 24.1. The minimum absolute atomic E-state index is 0.0230. The fraction of sp³-hybridized carbons (Fsp3) is 0.333. The fourth-order valence-electron chi connectivity index (χ4n) is 5.24. The predicted molar refractivity (Wildman–Crippen MR) is 144 cm³/mol. The molecule has 186 valence electrons. The van der Waals surface area contributed by atoms with Crippen LogP contribution in [0.1, 0.15) is 29.5 Å². The highest BCUT2D eigenvalue weighted by molar-refractivity contribution is 5.94. The number of fused-ring (bicyclic) bond motifs is 1. The van der Waals surface area contributed by atoms with Crippen LogP contribution in [0.3, 0.4) is 0 Å². The monoisotopic (exact) mass is 482 g/mol. The molecule has 2 amide bonds. The van der Waals surface area contributed by atoms with E-state index < -0.39 is 0 Å². The van der Waals surface area contributed by atoms with Gasteiger partial charge in [-0.25, -0.2) is 0 Å². The third-order valence-corrected chi connectivity index (χ3v) is 7.15. The number of para-hydroxylation sites is 1. The van der Waals surface area contributed by atoms with Gasteiger partial charge in [0.1, 0.15) is 0 Å². The minimum Gasteiger partial charge on any atom is -0.362 e. The Kier molecular flexibility index (Phi) is 7.62. The van der Waals surface area contributed by atoms with Crippen LogP contribution in [0.15, 0.2) is 78.9 Å². The Bertz CT molecular complexity index is 1180. The highest BCUT2D eigenvalue weighted by atomic mass is 16.2. The van der Waals surface area contributed by atoms with Crippen molar-refractivity contribution in [3.05, 3.63) is 95.6 Å². The molecule has 1 saturated heterocycles. The van der Waals surface area contributed by atoms with Crippen molar-refractivity contribution in [1.82, 2.24) is 10.2 Å². The van der Waals surface area contributed by atoms with Crippen molar-refractivity contribution in [3.63, 3.8) is 0 Å². The normalized spacial score (nSPS) is 17.4. The lowest BCUT2D eigenvalue weighted by Gasteiger charge is -2.32. The van der Waals surface area contributed by atoms with Crippen LogP contribution in [0.4, 0.5) is 11.4 Å². The van der Waals surface area contributed by atoms with Gasteiger partial charge in [-0.05, 0) is 60.7 Å². The summed E-state index contributed by atoms with van der Waals surface area (Å²) in [5.74, 6) is 0.123. The van der Waals surface area contributed by atoms with E-state index in [2.05, 4.69) is 56.8 Å². The zero-order valence-electron chi connectivity index (χ0n) is 20.7. The van der Waals surface area contributed by atoms with Crippen molar-refractivity contribution in [2.24, 2.45) is 5.92 Å². The van der Waals surface area contributed by atoms with Crippen LogP contribution in [0.25, 0.3) is 0 Å². The van der Waals surface area contributed by atoms with Crippen LogP contribution in [-0.2, 0) is 29.1 Å². The third kappa shape index (κ3) is 6.13. The van der Waals surface area contributed by atoms with Gasteiger partial charge in [0.2, 0.25) is 11.8 Å². The first-order chi connectivity index (χ1) is 17.6. The number of piperidine rings is 1. The van der Waals surface area contributed by atoms with E-state index in [9.17, 15) is 9.59 Å². The van der Waals surface area contributed by atoms with Crippen molar-refractivity contribution >= 4 is 23.2 Å². The summed E-state index contributed by atoms with van der Waals surface area (Å²) in [6.45, 7) is 4.44. The predicted octanol–water partition coefficient (Wildman–Crippen LogP) is 4.22. The summed E-state index contributed by atoms with van der Waals surface area (Å²) in [6, 6.07) is 26.4. The third-order valence-electron chi connectivity index (χ3n) is 7.15. The van der Waals surface area contributed by atoms with Crippen LogP contribution in [0.5, 0.6) is 0 Å². The second-order valence-electron chi connectivity index (χ2n) is 9.82. The van der Waals surface area contributed by atoms with E-state index in [0.717, 1.165) is 62.4 Å². The lowest BCUT2D eigenvalue weighted by molar-refractivity contribution is -0.127. The average molecular weight is 483 g/mol. The van der Waals surface area contributed by atoms with Gasteiger partial charge < -0.3 is 15.5 Å². The molecule has 1 fully saturated rings. The first-order valence-electron chi connectivity index (χ1n) is 12.9. The molecule has 0 aliphatic carbocycles. The molecule has 1 unspecified atom stereocenters. The Balaban J connectivity index is 1.07. The van der Waals surface area contributed by atoms with Gasteiger partial charge in [0.25, 0.3) is 0 Å². The molecule has 6 heteroatoms. The van der Waals surface area contributed by atoms with E-state index in [1.165, 1.54) is 11.1 Å². The zero-order chi connectivity index (χ0) is 24.7. The lowest BCUT2D eigenvalue weighted by atomic mass is 9.96. The molecule has 0 radical (unpaired) electrons. The number of carbonyl (C=O) groups excluding carboxylic acids is 2. The fourth-order valence-corrected chi connectivity index (χ4v) is 5.24. The van der Waals surface area contributed by atoms with Gasteiger partial charge in [0.05, 0.1) is 12.5 Å². The Labute approximate surface area is 213 Å². The number of likely N-dealkylation sites (tertiary alicyclic amines) is 1. The summed E-state index contributed by atoms with van der Waals surface area (Å²) < 4.78 is 0. The second-order valence-corrected chi connectivity index (χ2v) is 9.82. The number of hydrogen-bond donors (Lipinski definition) is 2. The molecular weight excluding hydrogens is 448 g/mol. The maximum Gasteiger partial charge on any atom is 0.243 e. The minimum atomic E-state index is -0.0230. The summed E-state index contributed by atoms with van der Waals surface area (Å²) >= 11 is 0. The van der Waals surface area contributed by atoms with Gasteiger partial charge in [-0.1, -0.05) is 60.7 Å². The number of nitrogens with zero attached hydrogens (tertiary/aromatic N) is 2. The van der Waals surface area contributed by atoms with Crippen molar-refractivity contribution in [2.75, 3.05) is 36.4 Å². The van der Waals surface area contributed by atoms with E-state index in [0.29, 0.717) is 13.1 Å². The summed E-state index contributed by atoms with van der Waals surface area (Å²) in [4.78, 5) is 29.9. The molecule has 6 nitrogen and oxygen atoms in total. The molecular formula is C30H34N4O2. The van der Waals surface area contributed by atoms with Gasteiger partial charge in [-0.15, -0.1) is 0 Å². The van der Waals surface area contributed by atoms with Crippen molar-refractivity contribution in [2.45, 2.75) is 32.4 Å². The first-order valence-corrected chi connectivity index (χ1v) is 12.9. The number of amides is 2. The highest BCUT2D eigenvalue weighted by Crippen LogP contribution is 2.27. The Morgan fingerprint density at radius 1 is 0.861 bits per heavy atom. The molecule has 2 heterocycles. The molecule has 1 atom stereocenters. The number of carbonyl (C=O) groups is 2. The molecule has 36 heavy (non-hydrogen) atoms. The Hall–Kier alpha value is -3.64. The van der Waals surface area contributed by atoms with Gasteiger partial charge in [0, 0.05) is 37.6 Å². The van der Waals surface area contributed by atoms with Crippen molar-refractivity contribution in [3.8, 4) is 0 Å². The van der Waals surface area contributed by atoms with Gasteiger partial charge >= 0.3 is 0 Å². The highest BCUT2D eigenvalue weighted by Gasteiger charge is 2.25. The number of nitrogens with one attached hydrogen (secondary N) is 2. The molecule has 2 aliphatic rings. The van der Waals surface area contributed by atoms with Crippen LogP contribution in [0.2, 0.25) is 0 Å². The van der Waals surface area contributed by atoms with E-state index in [4.69, 9.17) is 0 Å². The summed E-state index contributed by atoms with van der Waals surface area (Å²) in [5, 5.41) is 6.11. The zero-order valence-corrected chi connectivity index (χ0v) is 20.7. The summed E-state index contributed by atoms with van der Waals surface area (Å²) in [7, 11) is 0. The van der Waals surface area contributed by atoms with Crippen LogP contribution in [-0.4, -0.2) is 42.9 Å². The van der Waals surface area contributed by atoms with Crippen molar-refractivity contribution < 1.29 is 9.59 Å². The lowest BCUT2D eigenvalue weighted by Crippen LogP contribution is -2.42. The standard InChI is InChI=1S/C30H34N4O2/c35-29(22-34-18-16-25-9-4-5-11-28(25)34)32-27-14-12-23(13-15-27)19-31-30(36)26-10-6-17-33(21-26)20-24-7-2-1-3-8-24/h1-5,7-9,11-15,26H,6,10,16-22H2,(H,31,36)(H,32,35). The van der Waals surface area contributed by atoms with E-state index in [1.807, 2.05) is 42.5 Å². The van der Waals surface area contributed by atoms with E-state index in [-0.39, 0.29) is 17.7 Å². The molecule has 2 N–H and O–H groups in total. The molecule has 0 saturated carbocycles. The van der Waals surface area contributed by atoms with E-state index in [1.54, 1.807) is 0 Å². The second kappa shape index (κ2) is 11.4. The Morgan fingerprint density at radius 2 is 1.64 bits per heavy atom. The van der Waals surface area contributed by atoms with E-state index >= 15 is 0 Å². The number of benzene rings is 3. The molecule has 0 aromatic heterocycles. The van der Waals surface area contributed by atoms with Crippen molar-refractivity contribution in [1.29, 1.82) is 0 Å². The number of hydrogen-bond acceptors (Lipinski definition) is 4. The maximum atomic E-state index is 12.8. The molecule has 0 bridgehead atoms. The topological polar surface area (TPSA) is 64.7 Å². The largest absolute Gasteiger partial charge is 0.362 e. The number of rotatable bonds is 8. The SMILES string of the molecule is O=C(CN1CCc2ccccc21)Nc1ccc(CNC(=O)C2CCCN(Cc3ccccc3)C2)cc1. The van der Waals surface area contributed by atoms with Gasteiger partial charge in [0.15, 0.2) is 0 Å². The molecule has 5 rings (SSSR count). The smallest absolute Gasteiger partial charge is 0.243 e. The molecule has 0 spiro atoms. The Morgan fingerprint density at radius 3 is 2.47 bits per heavy atom. The summed E-state index contributed by atoms with van der Waals surface area (Å²) in [5.41, 5.74) is 5.53. The van der Waals surface area contributed by atoms with Gasteiger partial charge in [-0.2, -0.15) is 0 Å². The quantitative estimate of drug-likeness (QED) is 0.505. The van der Waals surface area contributed by atoms with Crippen LogP contribution >= 0.6 is 0 Å². The van der Waals surface area contributed by atoms with Crippen LogP contribution < -0.4 is 15.5 Å². The molecule has 3 aromatic carbocycles. The molecule has 3 aromatic rings. The number of anilines is 2. The van der Waals surface area contributed by atoms with Crippen LogP contribution in [0, 0.1) is 5.92 Å². The molecule has 2 aliphatic heterocycles. The maximum absolute atomic E-state index is 12.8. The average Bonchev–Trinajstić information content (AvgIpc) is 3.31. The van der Waals surface area contributed by atoms with Gasteiger partial charge in [-0.3, -0.25) is 14.5 Å².